The number of rotatable bonds is 8. The van der Waals surface area contributed by atoms with Crippen LogP contribution in [0.2, 0.25) is 0 Å². The van der Waals surface area contributed by atoms with Crippen molar-refractivity contribution in [2.24, 2.45) is 5.16 Å². The van der Waals surface area contributed by atoms with Crippen molar-refractivity contribution in [1.29, 1.82) is 0 Å². The lowest BCUT2D eigenvalue weighted by molar-refractivity contribution is -0.123. The first-order chi connectivity index (χ1) is 16.0. The number of carbonyl (C=O) groups is 2. The van der Waals surface area contributed by atoms with E-state index in [0.717, 1.165) is 21.1 Å². The van der Waals surface area contributed by atoms with Crippen molar-refractivity contribution in [3.8, 4) is 12.3 Å². The molecule has 4 rings (SSSR count). The first-order valence-electron chi connectivity index (χ1n) is 10.8. The number of ether oxygens (including phenoxy) is 2. The number of amides is 1. The summed E-state index contributed by atoms with van der Waals surface area (Å²) in [6.45, 7) is 0.436. The summed E-state index contributed by atoms with van der Waals surface area (Å²) in [4.78, 5) is 37.0. The summed E-state index contributed by atoms with van der Waals surface area (Å²) in [6, 6.07) is 9.03. The SMILES string of the molecule is C#CCO[C@@H]1C[C@@H](C(=O)CC[C@@H]2CC(Br)=NO2)N(C(=O)OCc2cnc3ccccc3c2)C1. The minimum Gasteiger partial charge on any atom is -0.444 e. The summed E-state index contributed by atoms with van der Waals surface area (Å²) in [6.07, 6.45) is 7.78. The highest BCUT2D eigenvalue weighted by Gasteiger charge is 2.41. The molecule has 8 nitrogen and oxygen atoms in total. The number of Topliss-reactive ketones (excluding diaryl/α,β-unsaturated/α-hetero) is 1. The van der Waals surface area contributed by atoms with E-state index in [9.17, 15) is 9.59 Å². The number of terminal acetylenes is 1. The van der Waals surface area contributed by atoms with Crippen molar-refractivity contribution in [3.05, 3.63) is 42.1 Å². The Kier molecular flexibility index (Phi) is 7.57. The number of para-hydroxylation sites is 1. The second-order valence-electron chi connectivity index (χ2n) is 8.04. The van der Waals surface area contributed by atoms with Gasteiger partial charge in [-0.25, -0.2) is 4.79 Å². The Bertz CT molecular complexity index is 1100. The molecule has 0 bridgehead atoms. The maximum Gasteiger partial charge on any atom is 0.410 e. The fourth-order valence-electron chi connectivity index (χ4n) is 4.03. The van der Waals surface area contributed by atoms with Crippen LogP contribution in [0.1, 0.15) is 31.2 Å². The molecule has 9 heteroatoms. The number of carbonyl (C=O) groups excluding carboxylic acids is 2. The molecule has 1 fully saturated rings. The second kappa shape index (κ2) is 10.8. The Morgan fingerprint density at radius 3 is 2.97 bits per heavy atom. The third-order valence-electron chi connectivity index (χ3n) is 5.69. The highest BCUT2D eigenvalue weighted by Crippen LogP contribution is 2.26. The van der Waals surface area contributed by atoms with Gasteiger partial charge in [0, 0.05) is 36.4 Å². The molecule has 172 valence electrons. The van der Waals surface area contributed by atoms with E-state index in [4.69, 9.17) is 20.7 Å². The molecule has 0 aliphatic carbocycles. The molecule has 3 atom stereocenters. The zero-order valence-corrected chi connectivity index (χ0v) is 19.6. The number of hydrogen-bond acceptors (Lipinski definition) is 7. The van der Waals surface area contributed by atoms with Crippen LogP contribution in [0.15, 0.2) is 41.7 Å². The highest BCUT2D eigenvalue weighted by atomic mass is 79.9. The second-order valence-corrected chi connectivity index (χ2v) is 8.95. The average molecular weight is 514 g/mol. The quantitative estimate of drug-likeness (QED) is 0.498. The molecular formula is C24H24BrN3O5. The predicted octanol–water partition coefficient (Wildman–Crippen LogP) is 3.81. The first kappa shape index (κ1) is 23.2. The number of fused-ring (bicyclic) bond motifs is 1. The van der Waals surface area contributed by atoms with Gasteiger partial charge in [0.2, 0.25) is 0 Å². The van der Waals surface area contributed by atoms with Gasteiger partial charge in [-0.3, -0.25) is 14.7 Å². The van der Waals surface area contributed by atoms with Crippen molar-refractivity contribution in [2.45, 2.75) is 50.5 Å². The van der Waals surface area contributed by atoms with Gasteiger partial charge in [0.25, 0.3) is 0 Å². The van der Waals surface area contributed by atoms with Crippen molar-refractivity contribution >= 4 is 43.3 Å². The maximum absolute atomic E-state index is 13.0. The van der Waals surface area contributed by atoms with Crippen LogP contribution in [-0.4, -0.2) is 57.8 Å². The van der Waals surface area contributed by atoms with E-state index < -0.39 is 12.1 Å². The van der Waals surface area contributed by atoms with Gasteiger partial charge in [0.05, 0.1) is 24.2 Å². The Hall–Kier alpha value is -2.96. The molecule has 3 heterocycles. The molecule has 1 amide bonds. The van der Waals surface area contributed by atoms with Crippen LogP contribution in [0.25, 0.3) is 10.9 Å². The molecule has 1 aromatic carbocycles. The fourth-order valence-corrected chi connectivity index (χ4v) is 4.48. The van der Waals surface area contributed by atoms with E-state index in [0.29, 0.717) is 19.3 Å². The molecule has 1 aromatic heterocycles. The van der Waals surface area contributed by atoms with E-state index in [1.807, 2.05) is 30.3 Å². The molecular weight excluding hydrogens is 490 g/mol. The van der Waals surface area contributed by atoms with Gasteiger partial charge in [0.15, 0.2) is 5.78 Å². The molecule has 0 saturated carbocycles. The first-order valence-corrected chi connectivity index (χ1v) is 11.6. The van der Waals surface area contributed by atoms with Crippen LogP contribution in [0.5, 0.6) is 0 Å². The Morgan fingerprint density at radius 2 is 2.18 bits per heavy atom. The number of nitrogens with zero attached hydrogens (tertiary/aromatic N) is 3. The molecule has 33 heavy (non-hydrogen) atoms. The van der Waals surface area contributed by atoms with Crippen LogP contribution in [0.3, 0.4) is 0 Å². The van der Waals surface area contributed by atoms with Gasteiger partial charge >= 0.3 is 6.09 Å². The number of aromatic nitrogens is 1. The minimum absolute atomic E-state index is 0.0576. The van der Waals surface area contributed by atoms with Crippen LogP contribution < -0.4 is 0 Å². The summed E-state index contributed by atoms with van der Waals surface area (Å²) in [5.74, 6) is 2.37. The molecule has 0 spiro atoms. The third-order valence-corrected chi connectivity index (χ3v) is 6.16. The average Bonchev–Trinajstić information content (AvgIpc) is 3.45. The summed E-state index contributed by atoms with van der Waals surface area (Å²) in [5, 5.41) is 4.81. The number of benzene rings is 1. The van der Waals surface area contributed by atoms with E-state index in [2.05, 4.69) is 32.0 Å². The summed E-state index contributed by atoms with van der Waals surface area (Å²) in [7, 11) is 0. The lowest BCUT2D eigenvalue weighted by Crippen LogP contribution is -2.41. The number of oxime groups is 1. The standard InChI is InChI=1S/C24H24BrN3O5/c1-2-9-31-19-11-21(22(29)8-7-18-12-23(25)27-33-18)28(14-19)24(30)32-15-16-10-17-5-3-4-6-20(17)26-13-16/h1,3-6,10,13,18-19,21H,7-9,11-12,14-15H2/t18-,19-,21+/m1/s1. The zero-order chi connectivity index (χ0) is 23.2. The van der Waals surface area contributed by atoms with E-state index in [1.54, 1.807) is 6.20 Å². The normalized spacial score (nSPS) is 22.0. The predicted molar refractivity (Wildman–Crippen MR) is 126 cm³/mol. The summed E-state index contributed by atoms with van der Waals surface area (Å²) < 4.78 is 11.9. The molecule has 2 aromatic rings. The molecule has 2 aliphatic rings. The van der Waals surface area contributed by atoms with Crippen molar-refractivity contribution in [2.75, 3.05) is 13.2 Å². The lowest BCUT2D eigenvalue weighted by Gasteiger charge is -2.23. The topological polar surface area (TPSA) is 90.3 Å². The highest BCUT2D eigenvalue weighted by molar-refractivity contribution is 9.18. The van der Waals surface area contributed by atoms with Crippen molar-refractivity contribution in [3.63, 3.8) is 0 Å². The summed E-state index contributed by atoms with van der Waals surface area (Å²) in [5.41, 5.74) is 1.64. The molecule has 1 saturated heterocycles. The van der Waals surface area contributed by atoms with Crippen LogP contribution in [0.4, 0.5) is 4.79 Å². The van der Waals surface area contributed by atoms with Gasteiger partial charge in [-0.2, -0.15) is 0 Å². The zero-order valence-electron chi connectivity index (χ0n) is 18.0. The van der Waals surface area contributed by atoms with Crippen LogP contribution >= 0.6 is 15.9 Å². The molecule has 2 aliphatic heterocycles. The smallest absolute Gasteiger partial charge is 0.410 e. The third kappa shape index (κ3) is 5.89. The monoisotopic (exact) mass is 513 g/mol. The Balaban J connectivity index is 1.37. The minimum atomic E-state index is -0.624. The number of pyridine rings is 1. The summed E-state index contributed by atoms with van der Waals surface area (Å²) >= 11 is 3.30. The van der Waals surface area contributed by atoms with E-state index in [-0.39, 0.29) is 44.2 Å². The number of likely N-dealkylation sites (tertiary alicyclic amines) is 1. The number of halogens is 1. The Labute approximate surface area is 200 Å². The van der Waals surface area contributed by atoms with Gasteiger partial charge in [-0.1, -0.05) is 29.3 Å². The van der Waals surface area contributed by atoms with Crippen LogP contribution in [-0.2, 0) is 25.7 Å². The number of hydrogen-bond donors (Lipinski definition) is 0. The van der Waals surface area contributed by atoms with Gasteiger partial charge < -0.3 is 14.3 Å². The lowest BCUT2D eigenvalue weighted by atomic mass is 10.0. The largest absolute Gasteiger partial charge is 0.444 e. The van der Waals surface area contributed by atoms with E-state index in [1.165, 1.54) is 4.90 Å². The van der Waals surface area contributed by atoms with Gasteiger partial charge in [-0.15, -0.1) is 6.42 Å². The number of ketones is 1. The van der Waals surface area contributed by atoms with Crippen LogP contribution in [0, 0.1) is 12.3 Å². The molecule has 0 unspecified atom stereocenters. The van der Waals surface area contributed by atoms with Crippen molar-refractivity contribution < 1.29 is 23.9 Å². The molecule has 0 N–H and O–H groups in total. The maximum atomic E-state index is 13.0. The Morgan fingerprint density at radius 1 is 1.33 bits per heavy atom. The van der Waals surface area contributed by atoms with Crippen molar-refractivity contribution in [1.82, 2.24) is 9.88 Å². The fraction of sp³-hybridized carbons (Fsp3) is 0.417. The van der Waals surface area contributed by atoms with Gasteiger partial charge in [-0.05, 0) is 34.5 Å². The van der Waals surface area contributed by atoms with E-state index >= 15 is 0 Å². The molecule has 0 radical (unpaired) electrons. The van der Waals surface area contributed by atoms with Gasteiger partial charge in [0.1, 0.15) is 23.9 Å².